The number of aromatic amines is 1. The summed E-state index contributed by atoms with van der Waals surface area (Å²) in [5.41, 5.74) is 2.65. The molecule has 0 fully saturated rings. The number of hydrogen-bond donors (Lipinski definition) is 2. The van der Waals surface area contributed by atoms with Crippen molar-refractivity contribution >= 4 is 56.0 Å². The number of ether oxygens (including phenoxy) is 1. The quantitative estimate of drug-likeness (QED) is 0.380. The molecule has 0 saturated heterocycles. The van der Waals surface area contributed by atoms with Gasteiger partial charge in [0.15, 0.2) is 5.13 Å². The number of methoxy groups -OCH3 is 1. The fraction of sp³-hybridized carbons (Fsp3) is 0.0526. The van der Waals surface area contributed by atoms with Gasteiger partial charge in [0.25, 0.3) is 0 Å². The van der Waals surface area contributed by atoms with Crippen LogP contribution in [0.15, 0.2) is 48.0 Å². The van der Waals surface area contributed by atoms with Crippen molar-refractivity contribution in [3.8, 4) is 11.3 Å². The molecule has 1 aromatic carbocycles. The summed E-state index contributed by atoms with van der Waals surface area (Å²) in [6.07, 6.45) is 4.79. The van der Waals surface area contributed by atoms with Gasteiger partial charge in [-0.1, -0.05) is 12.1 Å². The minimum atomic E-state index is -0.449. The van der Waals surface area contributed by atoms with Crippen molar-refractivity contribution in [2.24, 2.45) is 0 Å². The zero-order chi connectivity index (χ0) is 19.5. The third kappa shape index (κ3) is 3.85. The van der Waals surface area contributed by atoms with E-state index in [0.29, 0.717) is 16.5 Å². The fourth-order valence-electron chi connectivity index (χ4n) is 2.49. The van der Waals surface area contributed by atoms with Crippen molar-refractivity contribution in [1.29, 1.82) is 0 Å². The van der Waals surface area contributed by atoms with Gasteiger partial charge in [-0.3, -0.25) is 10.1 Å². The molecule has 4 rings (SSSR count). The van der Waals surface area contributed by atoms with E-state index >= 15 is 0 Å². The zero-order valence-corrected chi connectivity index (χ0v) is 16.3. The number of anilines is 1. The van der Waals surface area contributed by atoms with Gasteiger partial charge < -0.3 is 9.72 Å². The van der Waals surface area contributed by atoms with Crippen LogP contribution in [0.2, 0.25) is 0 Å². The number of hydrogen-bond acceptors (Lipinski definition) is 7. The van der Waals surface area contributed by atoms with Crippen molar-refractivity contribution in [2.75, 3.05) is 12.4 Å². The number of nitrogens with zero attached hydrogens (tertiary/aromatic N) is 2. The predicted molar refractivity (Wildman–Crippen MR) is 111 cm³/mol. The summed E-state index contributed by atoms with van der Waals surface area (Å²) in [5, 5.41) is 5.77. The molecule has 3 aromatic heterocycles. The predicted octanol–water partition coefficient (Wildman–Crippen LogP) is 4.19. The van der Waals surface area contributed by atoms with Crippen LogP contribution in [-0.2, 0) is 9.53 Å². The van der Waals surface area contributed by atoms with E-state index in [-0.39, 0.29) is 5.91 Å². The SMILES string of the molecule is COC(=O)c1cc(-c2csc(NC(=O)/C=C/c3nc4ccccc4s3)n2)c[nH]1. The van der Waals surface area contributed by atoms with E-state index in [9.17, 15) is 9.59 Å². The molecule has 0 radical (unpaired) electrons. The highest BCUT2D eigenvalue weighted by atomic mass is 32.1. The number of H-pyrrole nitrogens is 1. The summed E-state index contributed by atoms with van der Waals surface area (Å²) < 4.78 is 5.74. The molecular weight excluding hydrogens is 396 g/mol. The molecule has 0 bridgehead atoms. The Kier molecular flexibility index (Phi) is 5.00. The minimum absolute atomic E-state index is 0.288. The molecule has 0 aliphatic rings. The van der Waals surface area contributed by atoms with Crippen LogP contribution < -0.4 is 5.32 Å². The summed E-state index contributed by atoms with van der Waals surface area (Å²) in [4.78, 5) is 35.3. The van der Waals surface area contributed by atoms with Crippen LogP contribution in [0.1, 0.15) is 15.5 Å². The average Bonchev–Trinajstić information content (AvgIpc) is 3.44. The zero-order valence-electron chi connectivity index (χ0n) is 14.6. The molecule has 0 saturated carbocycles. The summed E-state index contributed by atoms with van der Waals surface area (Å²) in [6.45, 7) is 0. The fourth-order valence-corrected chi connectivity index (χ4v) is 4.08. The van der Waals surface area contributed by atoms with Crippen molar-refractivity contribution in [3.63, 3.8) is 0 Å². The molecule has 2 N–H and O–H groups in total. The molecule has 28 heavy (non-hydrogen) atoms. The van der Waals surface area contributed by atoms with E-state index in [0.717, 1.165) is 20.8 Å². The van der Waals surface area contributed by atoms with Crippen LogP contribution in [0, 0.1) is 0 Å². The number of benzene rings is 1. The van der Waals surface area contributed by atoms with Crippen LogP contribution in [0.3, 0.4) is 0 Å². The van der Waals surface area contributed by atoms with E-state index in [1.165, 1.54) is 35.9 Å². The molecule has 9 heteroatoms. The number of aromatic nitrogens is 3. The number of fused-ring (bicyclic) bond motifs is 1. The average molecular weight is 410 g/mol. The van der Waals surface area contributed by atoms with E-state index in [1.807, 2.05) is 24.3 Å². The van der Waals surface area contributed by atoms with Gasteiger partial charge in [0.1, 0.15) is 10.7 Å². The first-order valence-corrected chi connectivity index (χ1v) is 9.89. The molecule has 140 valence electrons. The van der Waals surface area contributed by atoms with E-state index < -0.39 is 5.97 Å². The molecule has 1 amide bonds. The van der Waals surface area contributed by atoms with E-state index in [1.54, 1.807) is 23.7 Å². The Morgan fingerprint density at radius 2 is 2.11 bits per heavy atom. The van der Waals surface area contributed by atoms with Gasteiger partial charge in [-0.05, 0) is 24.3 Å². The first kappa shape index (κ1) is 18.1. The topological polar surface area (TPSA) is 97.0 Å². The third-order valence-electron chi connectivity index (χ3n) is 3.81. The Morgan fingerprint density at radius 1 is 1.25 bits per heavy atom. The summed E-state index contributed by atoms with van der Waals surface area (Å²) in [7, 11) is 1.32. The largest absolute Gasteiger partial charge is 0.464 e. The summed E-state index contributed by atoms with van der Waals surface area (Å²) in [5.74, 6) is -0.737. The standard InChI is InChI=1S/C19H14N4O3S2/c1-26-18(25)13-8-11(9-20-13)14-10-27-19(22-14)23-16(24)6-7-17-21-12-4-2-3-5-15(12)28-17/h2-10,20H,1H3,(H,22,23,24)/b7-6+. The smallest absolute Gasteiger partial charge is 0.354 e. The van der Waals surface area contributed by atoms with Gasteiger partial charge in [0.05, 0.1) is 23.0 Å². The lowest BCUT2D eigenvalue weighted by Gasteiger charge is -1.95. The van der Waals surface area contributed by atoms with Gasteiger partial charge in [-0.15, -0.1) is 22.7 Å². The molecular formula is C19H14N4O3S2. The van der Waals surface area contributed by atoms with Crippen LogP contribution in [0.4, 0.5) is 5.13 Å². The second-order valence-electron chi connectivity index (χ2n) is 5.67. The monoisotopic (exact) mass is 410 g/mol. The summed E-state index contributed by atoms with van der Waals surface area (Å²) >= 11 is 2.82. The molecule has 0 spiro atoms. The molecule has 0 aliphatic carbocycles. The minimum Gasteiger partial charge on any atom is -0.464 e. The number of carbonyl (C=O) groups excluding carboxylic acids is 2. The number of para-hydroxylation sites is 1. The number of amides is 1. The number of thiazole rings is 2. The van der Waals surface area contributed by atoms with Gasteiger partial charge in [-0.25, -0.2) is 14.8 Å². The molecule has 7 nitrogen and oxygen atoms in total. The number of nitrogens with one attached hydrogen (secondary N) is 2. The third-order valence-corrected chi connectivity index (χ3v) is 5.57. The second-order valence-corrected chi connectivity index (χ2v) is 7.59. The highest BCUT2D eigenvalue weighted by Gasteiger charge is 2.12. The van der Waals surface area contributed by atoms with Gasteiger partial charge in [0.2, 0.25) is 5.91 Å². The normalized spacial score (nSPS) is 11.2. The lowest BCUT2D eigenvalue weighted by atomic mass is 10.2. The molecule has 3 heterocycles. The van der Waals surface area contributed by atoms with Crippen molar-refractivity contribution in [3.05, 3.63) is 58.7 Å². The van der Waals surface area contributed by atoms with Crippen molar-refractivity contribution in [2.45, 2.75) is 0 Å². The van der Waals surface area contributed by atoms with Gasteiger partial charge >= 0.3 is 5.97 Å². The first-order valence-electron chi connectivity index (χ1n) is 8.19. The molecule has 0 aliphatic heterocycles. The summed E-state index contributed by atoms with van der Waals surface area (Å²) in [6, 6.07) is 9.47. The highest BCUT2D eigenvalue weighted by Crippen LogP contribution is 2.26. The van der Waals surface area contributed by atoms with Crippen LogP contribution in [-0.4, -0.2) is 33.9 Å². The Labute approximate surface area is 167 Å². The van der Waals surface area contributed by atoms with Gasteiger partial charge in [-0.2, -0.15) is 0 Å². The Hall–Kier alpha value is -3.30. The number of rotatable bonds is 5. The van der Waals surface area contributed by atoms with Crippen LogP contribution in [0.5, 0.6) is 0 Å². The Morgan fingerprint density at radius 3 is 2.93 bits per heavy atom. The van der Waals surface area contributed by atoms with E-state index in [2.05, 4.69) is 25.0 Å². The molecule has 0 unspecified atom stereocenters. The molecule has 0 atom stereocenters. The lowest BCUT2D eigenvalue weighted by Crippen LogP contribution is -2.07. The number of carbonyl (C=O) groups is 2. The maximum Gasteiger partial charge on any atom is 0.354 e. The Balaban J connectivity index is 1.42. The van der Waals surface area contributed by atoms with Crippen molar-refractivity contribution in [1.82, 2.24) is 15.0 Å². The Bertz CT molecular complexity index is 1160. The molecule has 4 aromatic rings. The first-order chi connectivity index (χ1) is 13.6. The second kappa shape index (κ2) is 7.75. The maximum atomic E-state index is 12.2. The van der Waals surface area contributed by atoms with Crippen LogP contribution in [0.25, 0.3) is 27.6 Å². The lowest BCUT2D eigenvalue weighted by molar-refractivity contribution is -0.111. The maximum absolute atomic E-state index is 12.2. The van der Waals surface area contributed by atoms with Gasteiger partial charge in [0, 0.05) is 23.2 Å². The van der Waals surface area contributed by atoms with Crippen LogP contribution >= 0.6 is 22.7 Å². The highest BCUT2D eigenvalue weighted by molar-refractivity contribution is 7.19. The number of esters is 1. The van der Waals surface area contributed by atoms with Crippen molar-refractivity contribution < 1.29 is 14.3 Å². The van der Waals surface area contributed by atoms with E-state index in [4.69, 9.17) is 0 Å².